The lowest BCUT2D eigenvalue weighted by Gasteiger charge is -2.23. The van der Waals surface area contributed by atoms with E-state index in [0.29, 0.717) is 25.2 Å². The SMILES string of the molecule is CCNC(CCN(C)c1ccccc1F)C(=O)OC. The summed E-state index contributed by atoms with van der Waals surface area (Å²) in [4.78, 5) is 13.3. The predicted molar refractivity (Wildman–Crippen MR) is 73.8 cm³/mol. The fourth-order valence-electron chi connectivity index (χ4n) is 1.90. The average molecular weight is 268 g/mol. The molecular formula is C14H21FN2O2. The lowest BCUT2D eigenvalue weighted by molar-refractivity contribution is -0.143. The van der Waals surface area contributed by atoms with Crippen LogP contribution in [0.4, 0.5) is 10.1 Å². The second-order valence-electron chi connectivity index (χ2n) is 4.30. The fraction of sp³-hybridized carbons (Fsp3) is 0.500. The zero-order valence-electron chi connectivity index (χ0n) is 11.6. The van der Waals surface area contributed by atoms with Crippen LogP contribution in [0.15, 0.2) is 24.3 Å². The number of nitrogens with zero attached hydrogens (tertiary/aromatic N) is 1. The van der Waals surface area contributed by atoms with E-state index in [1.807, 2.05) is 6.92 Å². The Morgan fingerprint density at radius 2 is 2.16 bits per heavy atom. The zero-order chi connectivity index (χ0) is 14.3. The van der Waals surface area contributed by atoms with Gasteiger partial charge in [-0.2, -0.15) is 0 Å². The number of ether oxygens (including phenoxy) is 1. The van der Waals surface area contributed by atoms with Crippen molar-refractivity contribution in [3.05, 3.63) is 30.1 Å². The summed E-state index contributed by atoms with van der Waals surface area (Å²) >= 11 is 0. The van der Waals surface area contributed by atoms with E-state index in [1.165, 1.54) is 13.2 Å². The van der Waals surface area contributed by atoms with Crippen molar-refractivity contribution in [2.24, 2.45) is 0 Å². The molecule has 1 rings (SSSR count). The highest BCUT2D eigenvalue weighted by Crippen LogP contribution is 2.17. The largest absolute Gasteiger partial charge is 0.468 e. The number of benzene rings is 1. The molecular weight excluding hydrogens is 247 g/mol. The topological polar surface area (TPSA) is 41.6 Å². The Morgan fingerprint density at radius 3 is 2.74 bits per heavy atom. The van der Waals surface area contributed by atoms with Gasteiger partial charge in [-0.15, -0.1) is 0 Å². The van der Waals surface area contributed by atoms with Crippen LogP contribution in [-0.4, -0.2) is 39.3 Å². The van der Waals surface area contributed by atoms with Gasteiger partial charge in [-0.3, -0.25) is 4.79 Å². The van der Waals surface area contributed by atoms with Crippen LogP contribution in [0.2, 0.25) is 0 Å². The number of rotatable bonds is 7. The summed E-state index contributed by atoms with van der Waals surface area (Å²) in [6.07, 6.45) is 0.561. The number of likely N-dealkylation sites (N-methyl/N-ethyl adjacent to an activating group) is 1. The Morgan fingerprint density at radius 1 is 1.47 bits per heavy atom. The summed E-state index contributed by atoms with van der Waals surface area (Å²) in [5.41, 5.74) is 0.530. The van der Waals surface area contributed by atoms with Gasteiger partial charge in [-0.1, -0.05) is 19.1 Å². The summed E-state index contributed by atoms with van der Waals surface area (Å²) in [7, 11) is 3.17. The van der Waals surface area contributed by atoms with E-state index >= 15 is 0 Å². The molecule has 0 saturated heterocycles. The molecule has 1 aromatic rings. The van der Waals surface area contributed by atoms with Crippen LogP contribution in [0.1, 0.15) is 13.3 Å². The summed E-state index contributed by atoms with van der Waals surface area (Å²) in [5.74, 6) is -0.549. The molecule has 5 heteroatoms. The highest BCUT2D eigenvalue weighted by atomic mass is 19.1. The van der Waals surface area contributed by atoms with E-state index in [0.717, 1.165) is 0 Å². The first-order chi connectivity index (χ1) is 9.10. The van der Waals surface area contributed by atoms with Gasteiger partial charge in [0.15, 0.2) is 0 Å². The third-order valence-electron chi connectivity index (χ3n) is 2.95. The molecule has 4 nitrogen and oxygen atoms in total. The summed E-state index contributed by atoms with van der Waals surface area (Å²) in [6.45, 7) is 3.17. The number of carbonyl (C=O) groups excluding carboxylic acids is 1. The minimum atomic E-state index is -0.357. The Kier molecular flexibility index (Phi) is 6.29. The molecule has 0 bridgehead atoms. The monoisotopic (exact) mass is 268 g/mol. The van der Waals surface area contributed by atoms with Gasteiger partial charge in [-0.25, -0.2) is 4.39 Å². The highest BCUT2D eigenvalue weighted by Gasteiger charge is 2.18. The van der Waals surface area contributed by atoms with Crippen LogP contribution in [0.25, 0.3) is 0 Å². The van der Waals surface area contributed by atoms with Crippen molar-refractivity contribution in [1.29, 1.82) is 0 Å². The standard InChI is InChI=1S/C14H21FN2O2/c1-4-16-12(14(18)19-3)9-10-17(2)13-8-6-5-7-11(13)15/h5-8,12,16H,4,9-10H2,1-3H3. The van der Waals surface area contributed by atoms with Crippen molar-refractivity contribution in [2.45, 2.75) is 19.4 Å². The number of para-hydroxylation sites is 1. The maximum atomic E-state index is 13.6. The van der Waals surface area contributed by atoms with E-state index in [2.05, 4.69) is 5.32 Å². The highest BCUT2D eigenvalue weighted by molar-refractivity contribution is 5.75. The number of hydrogen-bond donors (Lipinski definition) is 1. The molecule has 1 unspecified atom stereocenters. The molecule has 0 spiro atoms. The van der Waals surface area contributed by atoms with Crippen molar-refractivity contribution < 1.29 is 13.9 Å². The van der Waals surface area contributed by atoms with E-state index in [1.54, 1.807) is 30.1 Å². The second-order valence-corrected chi connectivity index (χ2v) is 4.30. The summed E-state index contributed by atoms with van der Waals surface area (Å²) in [6, 6.07) is 6.23. The van der Waals surface area contributed by atoms with Crippen LogP contribution in [0, 0.1) is 5.82 Å². The fourth-order valence-corrected chi connectivity index (χ4v) is 1.90. The molecule has 0 aliphatic carbocycles. The van der Waals surface area contributed by atoms with Gasteiger partial charge in [-0.05, 0) is 25.1 Å². The number of carbonyl (C=O) groups is 1. The quantitative estimate of drug-likeness (QED) is 0.766. The third kappa shape index (κ3) is 4.52. The molecule has 19 heavy (non-hydrogen) atoms. The van der Waals surface area contributed by atoms with E-state index in [9.17, 15) is 9.18 Å². The smallest absolute Gasteiger partial charge is 0.322 e. The van der Waals surface area contributed by atoms with Gasteiger partial charge < -0.3 is 15.0 Å². The van der Waals surface area contributed by atoms with Crippen LogP contribution in [0.5, 0.6) is 0 Å². The van der Waals surface area contributed by atoms with Gasteiger partial charge in [0.25, 0.3) is 0 Å². The maximum absolute atomic E-state index is 13.6. The van der Waals surface area contributed by atoms with E-state index in [4.69, 9.17) is 4.74 Å². The van der Waals surface area contributed by atoms with Crippen LogP contribution < -0.4 is 10.2 Å². The van der Waals surface area contributed by atoms with Gasteiger partial charge in [0.1, 0.15) is 11.9 Å². The zero-order valence-corrected chi connectivity index (χ0v) is 11.6. The Bertz CT molecular complexity index is 412. The molecule has 0 aliphatic heterocycles. The first kappa shape index (κ1) is 15.4. The first-order valence-corrected chi connectivity index (χ1v) is 6.37. The third-order valence-corrected chi connectivity index (χ3v) is 2.95. The van der Waals surface area contributed by atoms with Crippen molar-refractivity contribution in [2.75, 3.05) is 32.1 Å². The molecule has 1 N–H and O–H groups in total. The number of anilines is 1. The minimum absolute atomic E-state index is 0.261. The Hall–Kier alpha value is -1.62. The molecule has 0 aliphatic rings. The van der Waals surface area contributed by atoms with E-state index in [-0.39, 0.29) is 17.8 Å². The van der Waals surface area contributed by atoms with E-state index < -0.39 is 0 Å². The normalized spacial score (nSPS) is 12.0. The number of halogens is 1. The molecule has 1 aromatic carbocycles. The molecule has 0 amide bonds. The summed E-state index contributed by atoms with van der Waals surface area (Å²) in [5, 5.41) is 3.06. The summed E-state index contributed by atoms with van der Waals surface area (Å²) < 4.78 is 18.3. The van der Waals surface area contributed by atoms with Crippen LogP contribution in [0.3, 0.4) is 0 Å². The number of methoxy groups -OCH3 is 1. The van der Waals surface area contributed by atoms with Gasteiger partial charge in [0.05, 0.1) is 12.8 Å². The second kappa shape index (κ2) is 7.74. The molecule has 0 radical (unpaired) electrons. The Balaban J connectivity index is 2.59. The van der Waals surface area contributed by atoms with Gasteiger partial charge >= 0.3 is 5.97 Å². The Labute approximate surface area is 113 Å². The first-order valence-electron chi connectivity index (χ1n) is 6.37. The predicted octanol–water partition coefficient (Wildman–Crippen LogP) is 1.80. The molecule has 106 valence electrons. The average Bonchev–Trinajstić information content (AvgIpc) is 2.42. The van der Waals surface area contributed by atoms with Crippen molar-refractivity contribution >= 4 is 11.7 Å². The van der Waals surface area contributed by atoms with Crippen LogP contribution >= 0.6 is 0 Å². The lowest BCUT2D eigenvalue weighted by atomic mass is 10.2. The van der Waals surface area contributed by atoms with Crippen LogP contribution in [-0.2, 0) is 9.53 Å². The van der Waals surface area contributed by atoms with Crippen molar-refractivity contribution in [3.63, 3.8) is 0 Å². The molecule has 0 fully saturated rings. The minimum Gasteiger partial charge on any atom is -0.468 e. The molecule has 0 aromatic heterocycles. The van der Waals surface area contributed by atoms with Crippen molar-refractivity contribution in [3.8, 4) is 0 Å². The maximum Gasteiger partial charge on any atom is 0.322 e. The number of hydrogen-bond acceptors (Lipinski definition) is 4. The lowest BCUT2D eigenvalue weighted by Crippen LogP contribution is -2.40. The van der Waals surface area contributed by atoms with Gasteiger partial charge in [0, 0.05) is 13.6 Å². The van der Waals surface area contributed by atoms with Crippen molar-refractivity contribution in [1.82, 2.24) is 5.32 Å². The number of nitrogens with one attached hydrogen (secondary N) is 1. The molecule has 0 heterocycles. The molecule has 0 saturated carbocycles. The molecule has 1 atom stereocenters. The number of esters is 1. The van der Waals surface area contributed by atoms with Gasteiger partial charge in [0.2, 0.25) is 0 Å².